The molecule has 0 aromatic heterocycles. The molecule has 0 spiro atoms. The molecule has 1 unspecified atom stereocenters. The average Bonchev–Trinajstić information content (AvgIpc) is 2.68. The Morgan fingerprint density at radius 2 is 2.00 bits per heavy atom. The summed E-state index contributed by atoms with van der Waals surface area (Å²) in [6.07, 6.45) is 2.91. The van der Waals surface area contributed by atoms with E-state index in [1.807, 2.05) is 0 Å². The van der Waals surface area contributed by atoms with Crippen LogP contribution < -0.4 is 5.73 Å². The van der Waals surface area contributed by atoms with Gasteiger partial charge in [-0.1, -0.05) is 25.4 Å². The topological polar surface area (TPSA) is 63.4 Å². The number of anilines is 1. The summed E-state index contributed by atoms with van der Waals surface area (Å²) in [5, 5.41) is 0.379. The van der Waals surface area contributed by atoms with E-state index < -0.39 is 10.0 Å². The Bertz CT molecular complexity index is 602. The highest BCUT2D eigenvalue weighted by Crippen LogP contribution is 2.29. The minimum absolute atomic E-state index is 0.229. The van der Waals surface area contributed by atoms with Gasteiger partial charge in [0.2, 0.25) is 10.0 Å². The highest BCUT2D eigenvalue weighted by Gasteiger charge is 2.28. The van der Waals surface area contributed by atoms with Gasteiger partial charge in [-0.25, -0.2) is 8.42 Å². The van der Waals surface area contributed by atoms with Gasteiger partial charge in [0.05, 0.1) is 15.6 Å². The molecule has 0 amide bonds. The van der Waals surface area contributed by atoms with Crippen molar-refractivity contribution >= 4 is 27.3 Å². The van der Waals surface area contributed by atoms with E-state index >= 15 is 0 Å². The predicted molar refractivity (Wildman–Crippen MR) is 86.8 cm³/mol. The number of nitrogens with zero attached hydrogens (tertiary/aromatic N) is 1. The molecule has 1 aromatic rings. The van der Waals surface area contributed by atoms with Crippen molar-refractivity contribution in [2.24, 2.45) is 11.8 Å². The SMILES string of the molecule is CC(C)C1CCCN(S(=O)(=O)c2ccc(Cl)c(N)c2)CC1. The predicted octanol–water partition coefficient (Wildman–Crippen LogP) is 3.37. The van der Waals surface area contributed by atoms with Crippen molar-refractivity contribution in [3.63, 3.8) is 0 Å². The second kappa shape index (κ2) is 6.55. The van der Waals surface area contributed by atoms with Crippen LogP contribution in [0.2, 0.25) is 5.02 Å². The monoisotopic (exact) mass is 330 g/mol. The van der Waals surface area contributed by atoms with Gasteiger partial charge in [0.25, 0.3) is 0 Å². The lowest BCUT2D eigenvalue weighted by Gasteiger charge is -2.21. The molecule has 118 valence electrons. The fraction of sp³-hybridized carbons (Fsp3) is 0.600. The third-order valence-corrected chi connectivity index (χ3v) is 6.52. The van der Waals surface area contributed by atoms with Crippen molar-refractivity contribution in [3.8, 4) is 0 Å². The van der Waals surface area contributed by atoms with Gasteiger partial charge < -0.3 is 5.73 Å². The van der Waals surface area contributed by atoms with Crippen LogP contribution in [0.25, 0.3) is 0 Å². The maximum Gasteiger partial charge on any atom is 0.243 e. The van der Waals surface area contributed by atoms with E-state index in [0.717, 1.165) is 19.3 Å². The van der Waals surface area contributed by atoms with Gasteiger partial charge in [0.1, 0.15) is 0 Å². The lowest BCUT2D eigenvalue weighted by molar-refractivity contribution is 0.341. The summed E-state index contributed by atoms with van der Waals surface area (Å²) in [5.41, 5.74) is 6.02. The van der Waals surface area contributed by atoms with E-state index in [4.69, 9.17) is 17.3 Å². The fourth-order valence-electron chi connectivity index (χ4n) is 2.83. The van der Waals surface area contributed by atoms with Crippen LogP contribution in [-0.4, -0.2) is 25.8 Å². The molecule has 1 fully saturated rings. The summed E-state index contributed by atoms with van der Waals surface area (Å²) in [7, 11) is -3.48. The van der Waals surface area contributed by atoms with Gasteiger partial charge in [0, 0.05) is 13.1 Å². The van der Waals surface area contributed by atoms with E-state index in [1.165, 1.54) is 12.1 Å². The first kappa shape index (κ1) is 16.6. The van der Waals surface area contributed by atoms with Crippen LogP contribution in [0.4, 0.5) is 5.69 Å². The smallest absolute Gasteiger partial charge is 0.243 e. The van der Waals surface area contributed by atoms with Crippen LogP contribution in [0.15, 0.2) is 23.1 Å². The molecule has 6 heteroatoms. The van der Waals surface area contributed by atoms with Gasteiger partial charge in [-0.15, -0.1) is 0 Å². The lowest BCUT2D eigenvalue weighted by Crippen LogP contribution is -2.32. The highest BCUT2D eigenvalue weighted by molar-refractivity contribution is 7.89. The maximum atomic E-state index is 12.7. The molecule has 0 bridgehead atoms. The molecule has 1 atom stereocenters. The molecule has 0 aliphatic carbocycles. The molecule has 2 N–H and O–H groups in total. The van der Waals surface area contributed by atoms with Gasteiger partial charge in [-0.05, 0) is 49.3 Å². The zero-order valence-electron chi connectivity index (χ0n) is 12.5. The van der Waals surface area contributed by atoms with Crippen molar-refractivity contribution < 1.29 is 8.42 Å². The lowest BCUT2D eigenvalue weighted by atomic mass is 9.89. The Hall–Kier alpha value is -0.780. The third kappa shape index (κ3) is 3.71. The zero-order valence-corrected chi connectivity index (χ0v) is 14.1. The quantitative estimate of drug-likeness (QED) is 0.864. The number of sulfonamides is 1. The van der Waals surface area contributed by atoms with Gasteiger partial charge >= 0.3 is 0 Å². The Kier molecular flexibility index (Phi) is 5.17. The molecular formula is C15H23ClN2O2S. The van der Waals surface area contributed by atoms with Crippen LogP contribution in [0.3, 0.4) is 0 Å². The number of hydrogen-bond acceptors (Lipinski definition) is 3. The molecule has 1 saturated heterocycles. The first-order valence-electron chi connectivity index (χ1n) is 7.37. The average molecular weight is 331 g/mol. The van der Waals surface area contributed by atoms with E-state index in [1.54, 1.807) is 10.4 Å². The van der Waals surface area contributed by atoms with Crippen molar-refractivity contribution in [2.75, 3.05) is 18.8 Å². The van der Waals surface area contributed by atoms with Crippen LogP contribution >= 0.6 is 11.6 Å². The highest BCUT2D eigenvalue weighted by atomic mass is 35.5. The molecule has 21 heavy (non-hydrogen) atoms. The van der Waals surface area contributed by atoms with E-state index in [-0.39, 0.29) is 4.90 Å². The number of rotatable bonds is 3. The Labute approximate surface area is 132 Å². The second-order valence-electron chi connectivity index (χ2n) is 6.02. The molecule has 2 rings (SSSR count). The third-order valence-electron chi connectivity index (χ3n) is 4.28. The number of hydrogen-bond donors (Lipinski definition) is 1. The van der Waals surface area contributed by atoms with Crippen LogP contribution in [0, 0.1) is 11.8 Å². The zero-order chi connectivity index (χ0) is 15.6. The van der Waals surface area contributed by atoms with Gasteiger partial charge in [0.15, 0.2) is 0 Å². The minimum atomic E-state index is -3.48. The molecule has 1 heterocycles. The van der Waals surface area contributed by atoms with Gasteiger partial charge in [-0.3, -0.25) is 0 Å². The normalized spacial score (nSPS) is 21.4. The van der Waals surface area contributed by atoms with Crippen molar-refractivity contribution in [1.82, 2.24) is 4.31 Å². The Balaban J connectivity index is 2.21. The Morgan fingerprint density at radius 3 is 2.62 bits per heavy atom. The number of halogens is 1. The second-order valence-corrected chi connectivity index (χ2v) is 8.37. The summed E-state index contributed by atoms with van der Waals surface area (Å²) >= 11 is 5.86. The largest absolute Gasteiger partial charge is 0.397 e. The molecule has 4 nitrogen and oxygen atoms in total. The van der Waals surface area contributed by atoms with Crippen molar-refractivity contribution in [3.05, 3.63) is 23.2 Å². The number of benzene rings is 1. The van der Waals surface area contributed by atoms with Gasteiger partial charge in [-0.2, -0.15) is 4.31 Å². The van der Waals surface area contributed by atoms with E-state index in [2.05, 4.69) is 13.8 Å². The minimum Gasteiger partial charge on any atom is -0.397 e. The molecule has 1 aromatic carbocycles. The van der Waals surface area contributed by atoms with E-state index in [9.17, 15) is 8.42 Å². The van der Waals surface area contributed by atoms with E-state index in [0.29, 0.717) is 35.6 Å². The number of nitrogen functional groups attached to an aromatic ring is 1. The van der Waals surface area contributed by atoms with Crippen molar-refractivity contribution in [2.45, 2.75) is 38.0 Å². The van der Waals surface area contributed by atoms with Crippen molar-refractivity contribution in [1.29, 1.82) is 0 Å². The molecular weight excluding hydrogens is 308 g/mol. The van der Waals surface area contributed by atoms with Crippen LogP contribution in [0.1, 0.15) is 33.1 Å². The maximum absolute atomic E-state index is 12.7. The first-order chi connectivity index (χ1) is 9.82. The molecule has 1 aliphatic rings. The molecule has 0 radical (unpaired) electrons. The molecule has 1 aliphatic heterocycles. The van der Waals surface area contributed by atoms with Crippen LogP contribution in [-0.2, 0) is 10.0 Å². The summed E-state index contributed by atoms with van der Waals surface area (Å²) in [6.45, 7) is 5.56. The fourth-order valence-corrected chi connectivity index (χ4v) is 4.48. The number of nitrogens with two attached hydrogens (primary N) is 1. The standard InChI is InChI=1S/C15H23ClN2O2S/c1-11(2)12-4-3-8-18(9-7-12)21(19,20)13-5-6-14(16)15(17)10-13/h5-6,10-12H,3-4,7-9,17H2,1-2H3. The summed E-state index contributed by atoms with van der Waals surface area (Å²) < 4.78 is 27.0. The summed E-state index contributed by atoms with van der Waals surface area (Å²) in [4.78, 5) is 0.229. The Morgan fingerprint density at radius 1 is 1.29 bits per heavy atom. The summed E-state index contributed by atoms with van der Waals surface area (Å²) in [6, 6.07) is 4.51. The molecule has 0 saturated carbocycles. The summed E-state index contributed by atoms with van der Waals surface area (Å²) in [5.74, 6) is 1.19. The van der Waals surface area contributed by atoms with Crippen LogP contribution in [0.5, 0.6) is 0 Å². The first-order valence-corrected chi connectivity index (χ1v) is 9.19.